The smallest absolute Gasteiger partial charge is 0.407 e. The van der Waals surface area contributed by atoms with E-state index in [0.717, 1.165) is 0 Å². The number of fused-ring (bicyclic) bond motifs is 1. The SMILES string of the molecule is CC.CC(C)(C)OC(=O)NCCCOC(=O)CCC(=O)Nc1ncnc2c1ncn2C1C[C@@H](O)C(CO)O1. The van der Waals surface area contributed by atoms with E-state index in [1.165, 1.54) is 12.7 Å². The third-order valence-electron chi connectivity index (χ3n) is 5.12. The predicted molar refractivity (Wildman–Crippen MR) is 136 cm³/mol. The van der Waals surface area contributed by atoms with Gasteiger partial charge in [0.05, 0.1) is 32.1 Å². The number of aromatic nitrogens is 4. The molecule has 2 amide bonds. The van der Waals surface area contributed by atoms with Gasteiger partial charge < -0.3 is 35.1 Å². The summed E-state index contributed by atoms with van der Waals surface area (Å²) in [7, 11) is 0. The first kappa shape index (κ1) is 30.9. The second-order valence-electron chi connectivity index (χ2n) is 9.21. The minimum absolute atomic E-state index is 0.0926. The number of nitrogens with one attached hydrogen (secondary N) is 2. The van der Waals surface area contributed by atoms with Gasteiger partial charge in [0.1, 0.15) is 24.3 Å². The number of hydrogen-bond acceptors (Lipinski definition) is 11. The van der Waals surface area contributed by atoms with E-state index in [9.17, 15) is 24.6 Å². The highest BCUT2D eigenvalue weighted by Crippen LogP contribution is 2.31. The summed E-state index contributed by atoms with van der Waals surface area (Å²) < 4.78 is 17.4. The quantitative estimate of drug-likeness (QED) is 0.254. The van der Waals surface area contributed by atoms with Gasteiger partial charge in [0.2, 0.25) is 5.91 Å². The number of alkyl carbamates (subject to hydrolysis) is 1. The Labute approximate surface area is 221 Å². The molecule has 4 N–H and O–H groups in total. The molecule has 0 radical (unpaired) electrons. The van der Waals surface area contributed by atoms with Crippen molar-refractivity contribution >= 4 is 35.0 Å². The second kappa shape index (κ2) is 14.5. The van der Waals surface area contributed by atoms with Crippen LogP contribution in [0.2, 0.25) is 0 Å². The van der Waals surface area contributed by atoms with Crippen LogP contribution in [0, 0.1) is 0 Å². The van der Waals surface area contributed by atoms with Crippen molar-refractivity contribution in [2.24, 2.45) is 0 Å². The Bertz CT molecular complexity index is 1070. The number of carbonyl (C=O) groups is 3. The molecule has 2 unspecified atom stereocenters. The second-order valence-corrected chi connectivity index (χ2v) is 9.21. The lowest BCUT2D eigenvalue weighted by atomic mass is 10.2. The Morgan fingerprint density at radius 3 is 2.58 bits per heavy atom. The van der Waals surface area contributed by atoms with E-state index >= 15 is 0 Å². The lowest BCUT2D eigenvalue weighted by Crippen LogP contribution is -2.33. The number of anilines is 1. The Balaban J connectivity index is 0.00000247. The highest BCUT2D eigenvalue weighted by molar-refractivity contribution is 5.97. The van der Waals surface area contributed by atoms with Gasteiger partial charge in [-0.2, -0.15) is 0 Å². The molecular weight excluding hydrogens is 500 g/mol. The van der Waals surface area contributed by atoms with Crippen LogP contribution < -0.4 is 10.6 Å². The number of carbonyl (C=O) groups excluding carboxylic acids is 3. The van der Waals surface area contributed by atoms with Crippen molar-refractivity contribution in [3.05, 3.63) is 12.7 Å². The maximum Gasteiger partial charge on any atom is 0.407 e. The number of imidazole rings is 1. The van der Waals surface area contributed by atoms with E-state index in [1.54, 1.807) is 25.3 Å². The molecule has 1 aliphatic heterocycles. The molecule has 1 fully saturated rings. The summed E-state index contributed by atoms with van der Waals surface area (Å²) in [6.07, 6.45) is 0.467. The fraction of sp³-hybridized carbons (Fsp3) is 0.667. The van der Waals surface area contributed by atoms with E-state index in [4.69, 9.17) is 14.2 Å². The fourth-order valence-corrected chi connectivity index (χ4v) is 3.45. The molecule has 2 aromatic heterocycles. The minimum atomic E-state index is -0.820. The van der Waals surface area contributed by atoms with Crippen molar-refractivity contribution in [1.29, 1.82) is 0 Å². The van der Waals surface area contributed by atoms with Crippen LogP contribution in [0.3, 0.4) is 0 Å². The third-order valence-corrected chi connectivity index (χ3v) is 5.12. The Hall–Kier alpha value is -3.36. The third kappa shape index (κ3) is 9.19. The molecule has 0 aromatic carbocycles. The van der Waals surface area contributed by atoms with Crippen LogP contribution in [-0.2, 0) is 23.8 Å². The van der Waals surface area contributed by atoms with Crippen molar-refractivity contribution in [2.75, 3.05) is 25.1 Å². The first-order chi connectivity index (χ1) is 18.1. The van der Waals surface area contributed by atoms with Crippen molar-refractivity contribution < 1.29 is 38.8 Å². The highest BCUT2D eigenvalue weighted by atomic mass is 16.6. The molecule has 0 aliphatic carbocycles. The molecule has 1 saturated heterocycles. The van der Waals surface area contributed by atoms with Gasteiger partial charge in [0, 0.05) is 19.4 Å². The molecule has 2 aromatic rings. The van der Waals surface area contributed by atoms with Gasteiger partial charge >= 0.3 is 12.1 Å². The standard InChI is InChI=1S/C22H32N6O8.C2H6/c1-22(2,3)36-21(33)23-7-4-8-34-17(32)6-5-15(31)27-19-18-20(25-11-24-19)28(12-26-18)16-9-13(30)14(10-29)35-16;1-2/h11-14,16,29-30H,4-10H2,1-3H3,(H,23,33)(H,24,25,27,31);1-2H3/t13-,14?,16?;/m1./s1. The predicted octanol–water partition coefficient (Wildman–Crippen LogP) is 1.67. The lowest BCUT2D eigenvalue weighted by Gasteiger charge is -2.19. The zero-order chi connectivity index (χ0) is 28.3. The first-order valence-electron chi connectivity index (χ1n) is 12.6. The summed E-state index contributed by atoms with van der Waals surface area (Å²) in [5, 5.41) is 24.4. The van der Waals surface area contributed by atoms with Crippen molar-refractivity contribution in [2.45, 2.75) is 84.3 Å². The van der Waals surface area contributed by atoms with Gasteiger partial charge in [0.25, 0.3) is 0 Å². The summed E-state index contributed by atoms with van der Waals surface area (Å²) in [6.45, 7) is 9.34. The monoisotopic (exact) mass is 538 g/mol. The molecule has 3 rings (SSSR count). The van der Waals surface area contributed by atoms with Gasteiger partial charge in [-0.1, -0.05) is 13.8 Å². The molecule has 3 heterocycles. The topological polar surface area (TPSA) is 187 Å². The van der Waals surface area contributed by atoms with Crippen LogP contribution in [0.4, 0.5) is 10.6 Å². The van der Waals surface area contributed by atoms with Gasteiger partial charge in [0.15, 0.2) is 17.0 Å². The number of aliphatic hydroxyl groups is 2. The molecule has 3 atom stereocenters. The molecule has 0 saturated carbocycles. The van der Waals surface area contributed by atoms with Gasteiger partial charge in [-0.15, -0.1) is 0 Å². The van der Waals surface area contributed by atoms with Crippen molar-refractivity contribution in [3.8, 4) is 0 Å². The van der Waals surface area contributed by atoms with Crippen LogP contribution >= 0.6 is 0 Å². The van der Waals surface area contributed by atoms with Crippen molar-refractivity contribution in [1.82, 2.24) is 24.8 Å². The Kier molecular flexibility index (Phi) is 11.8. The zero-order valence-electron chi connectivity index (χ0n) is 22.5. The number of rotatable bonds is 10. The number of hydrogen-bond donors (Lipinski definition) is 4. The van der Waals surface area contributed by atoms with Gasteiger partial charge in [-0.05, 0) is 27.2 Å². The van der Waals surface area contributed by atoms with Gasteiger partial charge in [-0.25, -0.2) is 19.7 Å². The maximum absolute atomic E-state index is 12.4. The number of nitrogens with zero attached hydrogens (tertiary/aromatic N) is 4. The Morgan fingerprint density at radius 2 is 1.92 bits per heavy atom. The average Bonchev–Trinajstić information content (AvgIpc) is 3.46. The van der Waals surface area contributed by atoms with Crippen molar-refractivity contribution in [3.63, 3.8) is 0 Å². The normalized spacial score (nSPS) is 18.9. The molecule has 38 heavy (non-hydrogen) atoms. The van der Waals surface area contributed by atoms with E-state index in [0.29, 0.717) is 17.6 Å². The molecule has 0 bridgehead atoms. The number of esters is 1. The van der Waals surface area contributed by atoms with E-state index in [1.807, 2.05) is 13.8 Å². The van der Waals surface area contributed by atoms with Crippen LogP contribution in [0.25, 0.3) is 11.2 Å². The summed E-state index contributed by atoms with van der Waals surface area (Å²) in [5.41, 5.74) is 0.110. The minimum Gasteiger partial charge on any atom is -0.466 e. The molecule has 212 valence electrons. The first-order valence-corrected chi connectivity index (χ1v) is 12.6. The molecule has 0 spiro atoms. The zero-order valence-corrected chi connectivity index (χ0v) is 22.5. The summed E-state index contributed by atoms with van der Waals surface area (Å²) in [5.74, 6) is -0.835. The lowest BCUT2D eigenvalue weighted by molar-refractivity contribution is -0.144. The van der Waals surface area contributed by atoms with Gasteiger partial charge in [-0.3, -0.25) is 14.2 Å². The van der Waals surface area contributed by atoms with Crippen LogP contribution in [0.5, 0.6) is 0 Å². The van der Waals surface area contributed by atoms with E-state index in [2.05, 4.69) is 25.6 Å². The largest absolute Gasteiger partial charge is 0.466 e. The van der Waals surface area contributed by atoms with Crippen LogP contribution in [0.1, 0.15) is 66.5 Å². The molecule has 14 heteroatoms. The van der Waals surface area contributed by atoms with E-state index < -0.39 is 42.0 Å². The number of ether oxygens (including phenoxy) is 3. The summed E-state index contributed by atoms with van der Waals surface area (Å²) in [6, 6.07) is 0. The average molecular weight is 539 g/mol. The molecule has 14 nitrogen and oxygen atoms in total. The number of amides is 2. The summed E-state index contributed by atoms with van der Waals surface area (Å²) in [4.78, 5) is 48.3. The number of aliphatic hydroxyl groups excluding tert-OH is 2. The molecular formula is C24H38N6O8. The van der Waals surface area contributed by atoms with Crippen LogP contribution in [-0.4, -0.2) is 85.3 Å². The fourth-order valence-electron chi connectivity index (χ4n) is 3.45. The highest BCUT2D eigenvalue weighted by Gasteiger charge is 2.35. The molecule has 1 aliphatic rings. The van der Waals surface area contributed by atoms with Crippen LogP contribution in [0.15, 0.2) is 12.7 Å². The maximum atomic E-state index is 12.4. The summed E-state index contributed by atoms with van der Waals surface area (Å²) >= 11 is 0. The van der Waals surface area contributed by atoms with E-state index in [-0.39, 0.29) is 44.8 Å². The Morgan fingerprint density at radius 1 is 1.18 bits per heavy atom.